The number of rotatable bonds is 2. The molecule has 2 aromatic carbocycles. The molecule has 0 spiro atoms. The van der Waals surface area contributed by atoms with Crippen LogP contribution in [0, 0.1) is 6.92 Å². The van der Waals surface area contributed by atoms with Gasteiger partial charge in [-0.2, -0.15) is 0 Å². The summed E-state index contributed by atoms with van der Waals surface area (Å²) in [7, 11) is 0. The number of amides is 1. The van der Waals surface area contributed by atoms with Gasteiger partial charge in [0.15, 0.2) is 11.5 Å². The Kier molecular flexibility index (Phi) is 3.50. The van der Waals surface area contributed by atoms with Crippen molar-refractivity contribution in [2.75, 3.05) is 11.9 Å². The Bertz CT molecular complexity index is 991. The van der Waals surface area contributed by atoms with Gasteiger partial charge in [0.2, 0.25) is 0 Å². The quantitative estimate of drug-likeness (QED) is 0.759. The molecule has 0 atom stereocenters. The van der Waals surface area contributed by atoms with E-state index in [1.807, 2.05) is 6.07 Å². The summed E-state index contributed by atoms with van der Waals surface area (Å²) in [6, 6.07) is 10.7. The minimum absolute atomic E-state index is 0.212. The van der Waals surface area contributed by atoms with Gasteiger partial charge < -0.3 is 14.5 Å². The first-order valence-corrected chi connectivity index (χ1v) is 7.78. The fourth-order valence-corrected chi connectivity index (χ4v) is 2.79. The van der Waals surface area contributed by atoms with E-state index >= 15 is 0 Å². The van der Waals surface area contributed by atoms with Crippen LogP contribution < -0.4 is 10.1 Å². The number of ether oxygens (including phenoxy) is 1. The molecule has 0 saturated carbocycles. The van der Waals surface area contributed by atoms with Crippen LogP contribution in [0.4, 0.5) is 5.69 Å². The molecule has 0 unspecified atom stereocenters. The maximum Gasteiger partial charge on any atom is 0.255 e. The van der Waals surface area contributed by atoms with Crippen LogP contribution in [-0.2, 0) is 4.79 Å². The van der Waals surface area contributed by atoms with Crippen molar-refractivity contribution < 1.29 is 13.9 Å². The molecule has 1 amide bonds. The van der Waals surface area contributed by atoms with E-state index in [0.717, 1.165) is 16.8 Å². The van der Waals surface area contributed by atoms with Gasteiger partial charge >= 0.3 is 0 Å². The Morgan fingerprint density at radius 1 is 1.25 bits per heavy atom. The minimum atomic E-state index is -0.226. The van der Waals surface area contributed by atoms with Crippen molar-refractivity contribution >= 4 is 40.4 Å². The number of carbonyl (C=O) groups excluding carboxylic acids is 1. The molecule has 24 heavy (non-hydrogen) atoms. The van der Waals surface area contributed by atoms with E-state index in [0.29, 0.717) is 27.8 Å². The van der Waals surface area contributed by atoms with Gasteiger partial charge in [-0.05, 0) is 36.4 Å². The van der Waals surface area contributed by atoms with E-state index in [2.05, 4.69) is 10.3 Å². The summed E-state index contributed by atoms with van der Waals surface area (Å²) in [4.78, 5) is 16.7. The minimum Gasteiger partial charge on any atom is -0.488 e. The second-order valence-electron chi connectivity index (χ2n) is 5.51. The largest absolute Gasteiger partial charge is 0.488 e. The molecule has 0 radical (unpaired) electrons. The number of halogens is 1. The highest BCUT2D eigenvalue weighted by Gasteiger charge is 2.18. The summed E-state index contributed by atoms with van der Waals surface area (Å²) in [5.74, 6) is 1.08. The topological polar surface area (TPSA) is 64.4 Å². The zero-order chi connectivity index (χ0) is 16.7. The molecule has 0 aliphatic carbocycles. The van der Waals surface area contributed by atoms with Gasteiger partial charge in [-0.25, -0.2) is 4.98 Å². The van der Waals surface area contributed by atoms with Crippen molar-refractivity contribution in [3.8, 4) is 5.75 Å². The van der Waals surface area contributed by atoms with E-state index in [9.17, 15) is 4.79 Å². The van der Waals surface area contributed by atoms with Crippen molar-refractivity contribution in [1.82, 2.24) is 4.98 Å². The molecular weight excluding hydrogens is 328 g/mol. The van der Waals surface area contributed by atoms with E-state index in [4.69, 9.17) is 20.8 Å². The van der Waals surface area contributed by atoms with E-state index in [1.165, 1.54) is 0 Å². The lowest BCUT2D eigenvalue weighted by atomic mass is 10.1. The van der Waals surface area contributed by atoms with Crippen molar-refractivity contribution in [1.29, 1.82) is 0 Å². The van der Waals surface area contributed by atoms with Crippen LogP contribution in [0.3, 0.4) is 0 Å². The first-order valence-electron chi connectivity index (χ1n) is 7.40. The molecule has 4 rings (SSSR count). The number of nitrogens with zero attached hydrogens (tertiary/aromatic N) is 1. The molecule has 5 nitrogen and oxygen atoms in total. The molecule has 0 saturated heterocycles. The lowest BCUT2D eigenvalue weighted by Crippen LogP contribution is -2.21. The predicted molar refractivity (Wildman–Crippen MR) is 92.3 cm³/mol. The number of oxazole rings is 1. The maximum atomic E-state index is 12.5. The lowest BCUT2D eigenvalue weighted by Gasteiger charge is -2.17. The second kappa shape index (κ2) is 5.69. The number of hydrogen-bond donors (Lipinski definition) is 1. The Balaban J connectivity index is 1.59. The van der Waals surface area contributed by atoms with E-state index in [1.54, 1.807) is 43.3 Å². The molecule has 0 fully saturated rings. The van der Waals surface area contributed by atoms with Crippen LogP contribution in [0.25, 0.3) is 17.2 Å². The van der Waals surface area contributed by atoms with Gasteiger partial charge in [-0.1, -0.05) is 11.6 Å². The number of aromatic nitrogens is 1. The lowest BCUT2D eigenvalue weighted by molar-refractivity contribution is -0.113. The standard InChI is InChI=1S/C18H13ClN2O3/c1-10-20-15-4-3-14(8-17(15)24-10)21-18(22)12-6-11-7-13(19)2-5-16(11)23-9-12/h2-8H,9H2,1H3,(H,21,22). The van der Waals surface area contributed by atoms with Gasteiger partial charge in [0.25, 0.3) is 5.91 Å². The number of nitrogens with one attached hydrogen (secondary N) is 1. The monoisotopic (exact) mass is 340 g/mol. The summed E-state index contributed by atoms with van der Waals surface area (Å²) in [6.07, 6.45) is 1.79. The van der Waals surface area contributed by atoms with Crippen molar-refractivity contribution in [3.63, 3.8) is 0 Å². The number of fused-ring (bicyclic) bond motifs is 2. The van der Waals surface area contributed by atoms with E-state index < -0.39 is 0 Å². The molecule has 1 N–H and O–H groups in total. The molecule has 3 aromatic rings. The maximum absolute atomic E-state index is 12.5. The van der Waals surface area contributed by atoms with Crippen LogP contribution in [0.2, 0.25) is 5.02 Å². The Morgan fingerprint density at radius 3 is 3.00 bits per heavy atom. The average Bonchev–Trinajstić information content (AvgIpc) is 2.93. The fourth-order valence-electron chi connectivity index (χ4n) is 2.61. The van der Waals surface area contributed by atoms with Crippen LogP contribution in [-0.4, -0.2) is 17.5 Å². The predicted octanol–water partition coefficient (Wildman–Crippen LogP) is 4.20. The number of carbonyl (C=O) groups is 1. The Hall–Kier alpha value is -2.79. The molecule has 120 valence electrons. The highest BCUT2D eigenvalue weighted by molar-refractivity contribution is 6.30. The summed E-state index contributed by atoms with van der Waals surface area (Å²) >= 11 is 5.99. The van der Waals surface area contributed by atoms with Gasteiger partial charge in [-0.15, -0.1) is 0 Å². The van der Waals surface area contributed by atoms with Gasteiger partial charge in [0, 0.05) is 29.3 Å². The van der Waals surface area contributed by atoms with Crippen molar-refractivity contribution in [3.05, 3.63) is 58.4 Å². The first kappa shape index (κ1) is 14.8. The van der Waals surface area contributed by atoms with Crippen LogP contribution in [0.1, 0.15) is 11.5 Å². The normalized spacial score (nSPS) is 13.2. The summed E-state index contributed by atoms with van der Waals surface area (Å²) in [5.41, 5.74) is 3.35. The highest BCUT2D eigenvalue weighted by atomic mass is 35.5. The summed E-state index contributed by atoms with van der Waals surface area (Å²) < 4.78 is 11.1. The fraction of sp³-hybridized carbons (Fsp3) is 0.111. The third-order valence-corrected chi connectivity index (χ3v) is 3.96. The number of hydrogen-bond acceptors (Lipinski definition) is 4. The average molecular weight is 341 g/mol. The summed E-state index contributed by atoms with van der Waals surface area (Å²) in [5, 5.41) is 3.45. The second-order valence-corrected chi connectivity index (χ2v) is 5.95. The first-order chi connectivity index (χ1) is 11.6. The van der Waals surface area contributed by atoms with Gasteiger partial charge in [-0.3, -0.25) is 4.79 Å². The van der Waals surface area contributed by atoms with E-state index in [-0.39, 0.29) is 12.5 Å². The van der Waals surface area contributed by atoms with Crippen LogP contribution >= 0.6 is 11.6 Å². The highest BCUT2D eigenvalue weighted by Crippen LogP contribution is 2.29. The molecule has 1 aromatic heterocycles. The molecule has 2 heterocycles. The molecular formula is C18H13ClN2O3. The third-order valence-electron chi connectivity index (χ3n) is 3.73. The smallest absolute Gasteiger partial charge is 0.255 e. The number of anilines is 1. The zero-order valence-corrected chi connectivity index (χ0v) is 13.6. The Morgan fingerprint density at radius 2 is 2.12 bits per heavy atom. The Labute approximate surface area is 142 Å². The van der Waals surface area contributed by atoms with Crippen molar-refractivity contribution in [2.24, 2.45) is 0 Å². The van der Waals surface area contributed by atoms with Gasteiger partial charge in [0.1, 0.15) is 17.9 Å². The van der Waals surface area contributed by atoms with Crippen molar-refractivity contribution in [2.45, 2.75) is 6.92 Å². The molecule has 1 aliphatic heterocycles. The van der Waals surface area contributed by atoms with Crippen LogP contribution in [0.5, 0.6) is 5.75 Å². The number of benzene rings is 2. The SMILES string of the molecule is Cc1nc2ccc(NC(=O)C3=Cc4cc(Cl)ccc4OC3)cc2o1. The molecule has 0 bridgehead atoms. The zero-order valence-electron chi connectivity index (χ0n) is 12.8. The summed E-state index contributed by atoms with van der Waals surface area (Å²) in [6.45, 7) is 2.00. The van der Waals surface area contributed by atoms with Crippen LogP contribution in [0.15, 0.2) is 46.4 Å². The molecule has 6 heteroatoms. The third kappa shape index (κ3) is 2.74. The van der Waals surface area contributed by atoms with Gasteiger partial charge in [0.05, 0.1) is 5.57 Å². The number of aryl methyl sites for hydroxylation is 1. The molecule has 1 aliphatic rings.